The first-order valence-electron chi connectivity index (χ1n) is 14.0. The molecule has 4 aromatic rings. The number of hydrogen-bond acceptors (Lipinski definition) is 7. The van der Waals surface area contributed by atoms with Crippen LogP contribution in [0, 0.1) is 5.82 Å². The maximum Gasteiger partial charge on any atom is 0.259 e. The molecule has 0 bridgehead atoms. The lowest BCUT2D eigenvalue weighted by atomic mass is 10.0. The van der Waals surface area contributed by atoms with Crippen molar-refractivity contribution in [2.45, 2.75) is 0 Å². The molecule has 7 rings (SSSR count). The van der Waals surface area contributed by atoms with Gasteiger partial charge in [-0.25, -0.2) is 4.39 Å². The average molecular weight is 559 g/mol. The van der Waals surface area contributed by atoms with Crippen LogP contribution in [0.3, 0.4) is 0 Å². The minimum absolute atomic E-state index is 0.00467. The molecule has 0 unspecified atom stereocenters. The number of pyridine rings is 1. The molecule has 0 aliphatic carbocycles. The van der Waals surface area contributed by atoms with Crippen molar-refractivity contribution in [3.63, 3.8) is 0 Å². The highest BCUT2D eigenvalue weighted by Crippen LogP contribution is 2.48. The SMILES string of the molecule is COCCN1CCN(c2c(F)cc3c(=O)c(C(=O)N4CCOCC4)cn4c3c2Oc2ccc3ccccc3c2-4)CC1. The molecule has 2 saturated heterocycles. The lowest BCUT2D eigenvalue weighted by molar-refractivity contribution is 0.0302. The highest BCUT2D eigenvalue weighted by atomic mass is 19.1. The van der Waals surface area contributed by atoms with Gasteiger partial charge in [-0.3, -0.25) is 14.5 Å². The number of fused-ring (bicyclic) bond motifs is 4. The van der Waals surface area contributed by atoms with Gasteiger partial charge in [0.1, 0.15) is 16.8 Å². The van der Waals surface area contributed by atoms with Gasteiger partial charge in [0, 0.05) is 64.5 Å². The Hall–Kier alpha value is -3.99. The summed E-state index contributed by atoms with van der Waals surface area (Å²) in [6, 6.07) is 13.0. The highest BCUT2D eigenvalue weighted by Gasteiger charge is 2.33. The van der Waals surface area contributed by atoms with Crippen molar-refractivity contribution in [2.24, 2.45) is 0 Å². The number of carbonyl (C=O) groups is 1. The summed E-state index contributed by atoms with van der Waals surface area (Å²) in [5.74, 6) is -0.0794. The average Bonchev–Trinajstić information content (AvgIpc) is 3.01. The summed E-state index contributed by atoms with van der Waals surface area (Å²) in [4.78, 5) is 33.4. The zero-order valence-corrected chi connectivity index (χ0v) is 22.9. The Labute approximate surface area is 236 Å². The fourth-order valence-electron chi connectivity index (χ4n) is 6.16. The maximum absolute atomic E-state index is 16.1. The molecule has 1 amide bonds. The van der Waals surface area contributed by atoms with Gasteiger partial charge < -0.3 is 28.6 Å². The molecule has 0 atom stereocenters. The number of amides is 1. The van der Waals surface area contributed by atoms with Gasteiger partial charge in [-0.05, 0) is 17.5 Å². The van der Waals surface area contributed by atoms with E-state index in [2.05, 4.69) is 4.90 Å². The van der Waals surface area contributed by atoms with E-state index >= 15 is 4.39 Å². The number of nitrogens with zero attached hydrogens (tertiary/aromatic N) is 4. The molecule has 1 aromatic heterocycles. The molecule has 0 radical (unpaired) electrons. The van der Waals surface area contributed by atoms with Gasteiger partial charge in [-0.1, -0.05) is 30.3 Å². The first kappa shape index (κ1) is 25.9. The topological polar surface area (TPSA) is 76.5 Å². The van der Waals surface area contributed by atoms with E-state index < -0.39 is 11.2 Å². The van der Waals surface area contributed by atoms with Crippen molar-refractivity contribution in [1.82, 2.24) is 14.4 Å². The lowest BCUT2D eigenvalue weighted by Gasteiger charge is -2.37. The Morgan fingerprint density at radius 2 is 1.76 bits per heavy atom. The van der Waals surface area contributed by atoms with E-state index in [1.807, 2.05) is 45.9 Å². The first-order valence-corrected chi connectivity index (χ1v) is 14.0. The smallest absolute Gasteiger partial charge is 0.259 e. The molecule has 212 valence electrons. The molecule has 10 heteroatoms. The minimum atomic E-state index is -0.540. The van der Waals surface area contributed by atoms with Crippen molar-refractivity contribution in [3.8, 4) is 17.2 Å². The number of benzene rings is 3. The third-order valence-corrected chi connectivity index (χ3v) is 8.32. The van der Waals surface area contributed by atoms with Crippen molar-refractivity contribution in [3.05, 3.63) is 70.3 Å². The first-order chi connectivity index (χ1) is 20.0. The van der Waals surface area contributed by atoms with E-state index in [4.69, 9.17) is 14.2 Å². The van der Waals surface area contributed by atoms with Crippen LogP contribution in [0.5, 0.6) is 11.5 Å². The number of halogens is 1. The zero-order valence-electron chi connectivity index (χ0n) is 22.9. The quantitative estimate of drug-likeness (QED) is 0.326. The van der Waals surface area contributed by atoms with Crippen LogP contribution in [0.1, 0.15) is 10.4 Å². The molecular formula is C31H31FN4O5. The van der Waals surface area contributed by atoms with Crippen LogP contribution in [0.2, 0.25) is 0 Å². The molecule has 3 aliphatic heterocycles. The number of methoxy groups -OCH3 is 1. The van der Waals surface area contributed by atoms with Gasteiger partial charge in [-0.15, -0.1) is 0 Å². The second-order valence-corrected chi connectivity index (χ2v) is 10.6. The minimum Gasteiger partial charge on any atom is -0.451 e. The van der Waals surface area contributed by atoms with Gasteiger partial charge in [0.05, 0.1) is 30.9 Å². The number of morpholine rings is 1. The van der Waals surface area contributed by atoms with Crippen molar-refractivity contribution >= 4 is 33.3 Å². The van der Waals surface area contributed by atoms with E-state index in [9.17, 15) is 9.59 Å². The molecule has 0 spiro atoms. The predicted molar refractivity (Wildman–Crippen MR) is 154 cm³/mol. The van der Waals surface area contributed by atoms with Crippen LogP contribution in [-0.2, 0) is 9.47 Å². The van der Waals surface area contributed by atoms with Gasteiger partial charge in [0.25, 0.3) is 5.91 Å². The fourth-order valence-corrected chi connectivity index (χ4v) is 6.16. The number of hydrogen-bond donors (Lipinski definition) is 0. The van der Waals surface area contributed by atoms with Crippen LogP contribution >= 0.6 is 0 Å². The van der Waals surface area contributed by atoms with Crippen molar-refractivity contribution < 1.29 is 23.4 Å². The number of ether oxygens (including phenoxy) is 3. The second-order valence-electron chi connectivity index (χ2n) is 10.6. The number of anilines is 1. The molecule has 41 heavy (non-hydrogen) atoms. The van der Waals surface area contributed by atoms with E-state index in [0.717, 1.165) is 36.1 Å². The monoisotopic (exact) mass is 558 g/mol. The molecule has 0 N–H and O–H groups in total. The summed E-state index contributed by atoms with van der Waals surface area (Å²) >= 11 is 0. The third kappa shape index (κ3) is 4.34. The van der Waals surface area contributed by atoms with Crippen LogP contribution in [0.25, 0.3) is 27.4 Å². The molecule has 3 aliphatic rings. The van der Waals surface area contributed by atoms with Gasteiger partial charge >= 0.3 is 0 Å². The van der Waals surface area contributed by atoms with Crippen molar-refractivity contribution in [1.29, 1.82) is 0 Å². The highest BCUT2D eigenvalue weighted by molar-refractivity contribution is 6.04. The van der Waals surface area contributed by atoms with Gasteiger partial charge in [-0.2, -0.15) is 0 Å². The molecule has 0 saturated carbocycles. The summed E-state index contributed by atoms with van der Waals surface area (Å²) in [5, 5.41) is 2.02. The largest absolute Gasteiger partial charge is 0.451 e. The fraction of sp³-hybridized carbons (Fsp3) is 0.355. The van der Waals surface area contributed by atoms with Crippen LogP contribution < -0.4 is 15.1 Å². The van der Waals surface area contributed by atoms with Gasteiger partial charge in [0.2, 0.25) is 5.43 Å². The van der Waals surface area contributed by atoms with E-state index in [1.165, 1.54) is 6.07 Å². The summed E-state index contributed by atoms with van der Waals surface area (Å²) in [7, 11) is 1.68. The molecule has 4 heterocycles. The zero-order chi connectivity index (χ0) is 28.1. The van der Waals surface area contributed by atoms with Gasteiger partial charge in [0.15, 0.2) is 17.3 Å². The van der Waals surface area contributed by atoms with E-state index in [1.54, 1.807) is 18.2 Å². The Morgan fingerprint density at radius 3 is 2.54 bits per heavy atom. The van der Waals surface area contributed by atoms with Crippen molar-refractivity contribution in [2.75, 3.05) is 77.6 Å². The standard InChI is InChI=1S/C31H31FN4O5/c1-39-15-12-33-8-10-34(11-9-33)28-24(32)18-22-27-30(28)41-25-7-6-20-4-2-3-5-21(20)26(25)36(27)19-23(29(22)37)31(38)35-13-16-40-17-14-35/h2-7,18-19H,8-17H2,1H3. The van der Waals surface area contributed by atoms with Crippen LogP contribution in [0.4, 0.5) is 10.1 Å². The lowest BCUT2D eigenvalue weighted by Crippen LogP contribution is -2.47. The molecule has 3 aromatic carbocycles. The molecule has 9 nitrogen and oxygen atoms in total. The Kier molecular flexibility index (Phi) is 6.61. The number of rotatable bonds is 5. The summed E-state index contributed by atoms with van der Waals surface area (Å²) in [6.07, 6.45) is 1.62. The molecule has 2 fully saturated rings. The second kappa shape index (κ2) is 10.4. The molecular weight excluding hydrogens is 527 g/mol. The Bertz CT molecular complexity index is 1720. The Morgan fingerprint density at radius 1 is 0.976 bits per heavy atom. The summed E-state index contributed by atoms with van der Waals surface area (Å²) in [6.45, 7) is 5.78. The predicted octanol–water partition coefficient (Wildman–Crippen LogP) is 3.63. The Balaban J connectivity index is 1.43. The summed E-state index contributed by atoms with van der Waals surface area (Å²) < 4.78 is 35.1. The third-order valence-electron chi connectivity index (χ3n) is 8.32. The van der Waals surface area contributed by atoms with Crippen LogP contribution in [-0.4, -0.2) is 93.0 Å². The number of carbonyl (C=O) groups excluding carboxylic acids is 1. The van der Waals surface area contributed by atoms with E-state index in [-0.39, 0.29) is 16.9 Å². The number of aromatic nitrogens is 1. The van der Waals surface area contributed by atoms with E-state index in [0.29, 0.717) is 68.7 Å². The van der Waals surface area contributed by atoms with Crippen LogP contribution in [0.15, 0.2) is 53.5 Å². The normalized spacial score (nSPS) is 17.1. The summed E-state index contributed by atoms with van der Waals surface area (Å²) in [5.41, 5.74) is 1.03. The number of piperazine rings is 1. The maximum atomic E-state index is 16.1.